The number of rotatable bonds is 24. The molecule has 0 radical (unpaired) electrons. The van der Waals surface area contributed by atoms with E-state index in [1.54, 1.807) is 21.3 Å². The molecule has 0 aliphatic rings. The Morgan fingerprint density at radius 1 is 0.559 bits per heavy atom. The third-order valence-corrected chi connectivity index (χ3v) is 9.63. The van der Waals surface area contributed by atoms with Crippen LogP contribution in [0.2, 0.25) is 6.04 Å². The highest BCUT2D eigenvalue weighted by molar-refractivity contribution is 6.60. The Balaban J connectivity index is 0. The van der Waals surface area contributed by atoms with Crippen LogP contribution in [0.4, 0.5) is 0 Å². The van der Waals surface area contributed by atoms with Gasteiger partial charge >= 0.3 is 8.80 Å². The maximum absolute atomic E-state index is 8.24. The number of unbranched alkanes of at least 4 members (excludes halogenated alkanes) is 15. The molecule has 0 saturated heterocycles. The second kappa shape index (κ2) is 26.3. The third kappa shape index (κ3) is 24.0. The van der Waals surface area contributed by atoms with Crippen LogP contribution in [0.1, 0.15) is 116 Å². The summed E-state index contributed by atoms with van der Waals surface area (Å²) in [6, 6.07) is 0.900. The number of halogens is 1. The molecular weight excluding hydrogens is 470 g/mol. The molecule has 0 aromatic rings. The largest absolute Gasteiger partial charge is 0.544 e. The molecule has 0 spiro atoms. The molecule has 0 aliphatic carbocycles. The second-order valence-corrected chi connectivity index (χ2v) is 13.4. The molecule has 0 aromatic carbocycles. The Morgan fingerprint density at radius 3 is 1.18 bits per heavy atom. The van der Waals surface area contributed by atoms with E-state index in [-0.39, 0.29) is 0 Å². The summed E-state index contributed by atoms with van der Waals surface area (Å²) in [6.07, 6.45) is 24.0. The maximum atomic E-state index is 8.24. The first kappa shape index (κ1) is 36.4. The first-order valence-corrected chi connectivity index (χ1v) is 16.3. The highest BCUT2D eigenvalue weighted by Crippen LogP contribution is 2.17. The summed E-state index contributed by atoms with van der Waals surface area (Å²) in [6.45, 7) is 4.72. The topological polar surface area (TPSA) is 73.8 Å². The average molecular weight is 528 g/mol. The van der Waals surface area contributed by atoms with E-state index >= 15 is 0 Å². The first-order chi connectivity index (χ1) is 16.4. The zero-order valence-corrected chi connectivity index (χ0v) is 25.3. The van der Waals surface area contributed by atoms with Gasteiger partial charge in [0.1, 0.15) is 0 Å². The van der Waals surface area contributed by atoms with Crippen molar-refractivity contribution in [3.8, 4) is 0 Å². The molecule has 0 aromatic heterocycles. The number of quaternary nitrogens is 1. The van der Waals surface area contributed by atoms with Crippen LogP contribution in [0.3, 0.4) is 0 Å². The summed E-state index contributed by atoms with van der Waals surface area (Å²) in [5, 5.41) is 0. The minimum atomic E-state index is -2.40. The quantitative estimate of drug-likeness (QED) is 0.0977. The Hall–Kier alpha value is 0.267. The van der Waals surface area contributed by atoms with Gasteiger partial charge in [0.25, 0.3) is 0 Å². The first-order valence-electron chi connectivity index (χ1n) is 13.7. The van der Waals surface area contributed by atoms with E-state index < -0.39 is 20.1 Å². The van der Waals surface area contributed by atoms with Gasteiger partial charge in [-0.05, 0) is 12.8 Å². The van der Waals surface area contributed by atoms with E-state index in [9.17, 15) is 0 Å². The van der Waals surface area contributed by atoms with Gasteiger partial charge in [-0.25, -0.2) is 0 Å². The summed E-state index contributed by atoms with van der Waals surface area (Å²) >= 11 is -0.417. The number of nitrogens with zero attached hydrogens (tertiary/aromatic N) is 1. The minimum Gasteiger partial charge on any atom is -0.544 e. The van der Waals surface area contributed by atoms with Crippen molar-refractivity contribution in [1.29, 1.82) is 0 Å². The summed E-state index contributed by atoms with van der Waals surface area (Å²) in [7, 11) is 7.40. The van der Waals surface area contributed by atoms with Crippen molar-refractivity contribution in [2.45, 2.75) is 122 Å². The fraction of sp³-hybridized carbons (Fsp3) is 1.00. The van der Waals surface area contributed by atoms with Gasteiger partial charge in [0.15, 0.2) is 0 Å². The third-order valence-electron chi connectivity index (χ3n) is 6.80. The smallest absolute Gasteiger partial charge is 0.500 e. The lowest BCUT2D eigenvalue weighted by atomic mass is 10.0. The van der Waals surface area contributed by atoms with E-state index in [0.717, 1.165) is 23.5 Å². The Bertz CT molecular complexity index is 393. The fourth-order valence-electron chi connectivity index (χ4n) is 4.48. The van der Waals surface area contributed by atoms with Crippen molar-refractivity contribution in [2.75, 3.05) is 48.5 Å². The van der Waals surface area contributed by atoms with Gasteiger partial charge in [-0.1, -0.05) is 96.8 Å². The van der Waals surface area contributed by atoms with Crippen LogP contribution < -0.4 is 9.32 Å². The lowest BCUT2D eigenvalue weighted by Gasteiger charge is -2.31. The maximum Gasteiger partial charge on any atom is 0.500 e. The summed E-state index contributed by atoms with van der Waals surface area (Å²) in [4.78, 5) is 0. The molecule has 0 unspecified atom stereocenters. The molecular formula is C26H58ClNO5Si. The summed E-state index contributed by atoms with van der Waals surface area (Å²) in [5.74, 6) is 0. The van der Waals surface area contributed by atoms with Crippen molar-refractivity contribution < 1.29 is 38.4 Å². The number of hydrogen-bond acceptors (Lipinski definition) is 5. The van der Waals surface area contributed by atoms with Crippen LogP contribution >= 0.6 is 0 Å². The number of hydrogen-bond donors (Lipinski definition) is 0. The van der Waals surface area contributed by atoms with Crippen molar-refractivity contribution in [1.82, 2.24) is 0 Å². The van der Waals surface area contributed by atoms with Gasteiger partial charge in [0, 0.05) is 33.8 Å². The van der Waals surface area contributed by atoms with Gasteiger partial charge in [-0.15, -0.1) is 0 Å². The Labute approximate surface area is 217 Å². The molecule has 0 atom stereocenters. The minimum absolute atomic E-state index is 0.417. The molecule has 208 valence electrons. The molecule has 0 fully saturated rings. The molecule has 6 nitrogen and oxygen atoms in total. The molecule has 0 heterocycles. The fourth-order valence-corrected chi connectivity index (χ4v) is 6.18. The SMILES string of the molecule is CCCCCCCCCCCCCCCCCC[N+](C)(C)CCC[Si](OC)(OC)OC.[O-][Cl+][O-]. The van der Waals surface area contributed by atoms with Crippen molar-refractivity contribution in [3.63, 3.8) is 0 Å². The van der Waals surface area contributed by atoms with Crippen molar-refractivity contribution in [2.24, 2.45) is 0 Å². The normalized spacial score (nSPS) is 12.0. The zero-order chi connectivity index (χ0) is 26.0. The van der Waals surface area contributed by atoms with Crippen LogP contribution in [0.5, 0.6) is 0 Å². The van der Waals surface area contributed by atoms with Crippen molar-refractivity contribution >= 4 is 8.80 Å². The van der Waals surface area contributed by atoms with Crippen LogP contribution in [0.25, 0.3) is 0 Å². The molecule has 0 bridgehead atoms. The highest BCUT2D eigenvalue weighted by Gasteiger charge is 2.37. The standard InChI is InChI=1S/C26H58NO3Si.ClO2/c1-7-8-9-10-11-12-13-14-15-16-17-18-19-20-21-22-24-27(2,3)25-23-26-31(28-4,29-5)30-6;2-1-3/h7-26H2,1-6H3;/q+1;-1. The van der Waals surface area contributed by atoms with Gasteiger partial charge in [-0.3, -0.25) is 0 Å². The average Bonchev–Trinajstić information content (AvgIpc) is 2.82. The molecule has 0 aliphatic heterocycles. The van der Waals surface area contributed by atoms with Crippen LogP contribution in [0.15, 0.2) is 0 Å². The van der Waals surface area contributed by atoms with E-state index in [0.29, 0.717) is 0 Å². The summed E-state index contributed by atoms with van der Waals surface area (Å²) in [5.41, 5.74) is 0. The lowest BCUT2D eigenvalue weighted by molar-refractivity contribution is -1.41. The monoisotopic (exact) mass is 527 g/mol. The van der Waals surface area contributed by atoms with E-state index in [1.807, 2.05) is 0 Å². The van der Waals surface area contributed by atoms with Crippen LogP contribution in [0, 0.1) is 11.3 Å². The molecule has 8 heteroatoms. The zero-order valence-electron chi connectivity index (χ0n) is 23.5. The van der Waals surface area contributed by atoms with E-state index in [4.69, 9.17) is 22.6 Å². The van der Waals surface area contributed by atoms with Crippen LogP contribution in [-0.2, 0) is 13.3 Å². The second-order valence-electron chi connectivity index (χ2n) is 10.1. The molecule has 34 heavy (non-hydrogen) atoms. The van der Waals surface area contributed by atoms with Gasteiger partial charge < -0.3 is 27.1 Å². The van der Waals surface area contributed by atoms with Crippen LogP contribution in [-0.4, -0.2) is 61.8 Å². The predicted molar refractivity (Wildman–Crippen MR) is 138 cm³/mol. The van der Waals surface area contributed by atoms with E-state index in [2.05, 4.69) is 21.0 Å². The van der Waals surface area contributed by atoms with E-state index in [1.165, 1.54) is 109 Å². The Morgan fingerprint density at radius 2 is 0.853 bits per heavy atom. The van der Waals surface area contributed by atoms with Crippen molar-refractivity contribution in [3.05, 3.63) is 0 Å². The summed E-state index contributed by atoms with van der Waals surface area (Å²) < 4.78 is 34.2. The Kier molecular flexibility index (Phi) is 28.2. The molecule has 0 amide bonds. The molecule has 0 saturated carbocycles. The molecule has 0 N–H and O–H groups in total. The van der Waals surface area contributed by atoms with Gasteiger partial charge in [0.2, 0.25) is 0 Å². The predicted octanol–water partition coefficient (Wildman–Crippen LogP) is 5.21. The van der Waals surface area contributed by atoms with Gasteiger partial charge in [-0.2, -0.15) is 0 Å². The highest BCUT2D eigenvalue weighted by atomic mass is 35.6. The van der Waals surface area contributed by atoms with Gasteiger partial charge in [0.05, 0.1) is 38.5 Å². The molecule has 0 rings (SSSR count). The lowest BCUT2D eigenvalue weighted by Crippen LogP contribution is -2.45.